The van der Waals surface area contributed by atoms with Gasteiger partial charge in [-0.2, -0.15) is 0 Å². The van der Waals surface area contributed by atoms with Gasteiger partial charge in [-0.1, -0.05) is 12.1 Å². The number of hydrogen-bond acceptors (Lipinski definition) is 5. The molecule has 0 fully saturated rings. The molecule has 2 N–H and O–H groups in total. The minimum absolute atomic E-state index is 0.154. The lowest BCUT2D eigenvalue weighted by molar-refractivity contribution is 0.281. The van der Waals surface area contributed by atoms with E-state index in [1.165, 1.54) is 23.5 Å². The van der Waals surface area contributed by atoms with Gasteiger partial charge in [0, 0.05) is 11.4 Å². The molecule has 0 aliphatic rings. The molecule has 0 bridgehead atoms. The van der Waals surface area contributed by atoms with Crippen LogP contribution in [0, 0.1) is 6.92 Å². The monoisotopic (exact) mass is 298 g/mol. The number of rotatable bonds is 5. The van der Waals surface area contributed by atoms with Crippen LogP contribution in [0.1, 0.15) is 16.1 Å². The summed E-state index contributed by atoms with van der Waals surface area (Å²) in [6.07, 6.45) is 0. The predicted octanol–water partition coefficient (Wildman–Crippen LogP) is 1.42. The number of nitrogens with zero attached hydrogens (tertiary/aromatic N) is 1. The molecule has 0 radical (unpaired) electrons. The van der Waals surface area contributed by atoms with Crippen molar-refractivity contribution in [1.82, 2.24) is 9.71 Å². The second-order valence-corrected chi connectivity index (χ2v) is 6.70. The molecular formula is C12H14N2O3S2. The maximum absolute atomic E-state index is 12.1. The summed E-state index contributed by atoms with van der Waals surface area (Å²) >= 11 is 1.42. The molecular weight excluding hydrogens is 284 g/mol. The standard InChI is InChI=1S/C12H14N2O3S2/c1-9-12(18-8-13-9)6-14-19(16,17)11-4-2-3-10(5-11)7-15/h2-5,8,14-15H,6-7H2,1H3. The van der Waals surface area contributed by atoms with Crippen molar-refractivity contribution in [3.05, 3.63) is 45.9 Å². The SMILES string of the molecule is Cc1ncsc1CNS(=O)(=O)c1cccc(CO)c1. The van der Waals surface area contributed by atoms with Crippen LogP contribution in [0.5, 0.6) is 0 Å². The van der Waals surface area contributed by atoms with Gasteiger partial charge in [0.15, 0.2) is 0 Å². The first-order valence-electron chi connectivity index (χ1n) is 5.61. The van der Waals surface area contributed by atoms with Crippen LogP contribution in [0.25, 0.3) is 0 Å². The Hall–Kier alpha value is -1.28. The largest absolute Gasteiger partial charge is 0.392 e. The highest BCUT2D eigenvalue weighted by molar-refractivity contribution is 7.89. The minimum atomic E-state index is -3.57. The van der Waals surface area contributed by atoms with E-state index in [1.54, 1.807) is 17.6 Å². The van der Waals surface area contributed by atoms with Gasteiger partial charge < -0.3 is 5.11 Å². The third-order valence-electron chi connectivity index (χ3n) is 2.66. The fourth-order valence-corrected chi connectivity index (χ4v) is 3.42. The summed E-state index contributed by atoms with van der Waals surface area (Å²) in [5, 5.41) is 9.02. The minimum Gasteiger partial charge on any atom is -0.392 e. The Morgan fingerprint density at radius 1 is 1.42 bits per heavy atom. The second-order valence-electron chi connectivity index (χ2n) is 3.99. The Balaban J connectivity index is 2.16. The number of aromatic nitrogens is 1. The molecule has 19 heavy (non-hydrogen) atoms. The lowest BCUT2D eigenvalue weighted by Crippen LogP contribution is -2.23. The maximum Gasteiger partial charge on any atom is 0.240 e. The third-order valence-corrected chi connectivity index (χ3v) is 4.99. The van der Waals surface area contributed by atoms with Crippen molar-refractivity contribution in [1.29, 1.82) is 0 Å². The van der Waals surface area contributed by atoms with Crippen LogP contribution in [-0.4, -0.2) is 18.5 Å². The molecule has 0 aliphatic carbocycles. The van der Waals surface area contributed by atoms with E-state index >= 15 is 0 Å². The van der Waals surface area contributed by atoms with Crippen LogP contribution in [0.4, 0.5) is 0 Å². The van der Waals surface area contributed by atoms with Gasteiger partial charge in [-0.05, 0) is 24.6 Å². The first kappa shape index (κ1) is 14.1. The van der Waals surface area contributed by atoms with Crippen molar-refractivity contribution in [2.75, 3.05) is 0 Å². The number of sulfonamides is 1. The molecule has 1 heterocycles. The van der Waals surface area contributed by atoms with Crippen molar-refractivity contribution in [3.8, 4) is 0 Å². The van der Waals surface area contributed by atoms with Gasteiger partial charge in [-0.15, -0.1) is 11.3 Å². The summed E-state index contributed by atoms with van der Waals surface area (Å²) in [4.78, 5) is 5.11. The van der Waals surface area contributed by atoms with E-state index in [4.69, 9.17) is 5.11 Å². The zero-order chi connectivity index (χ0) is 13.9. The van der Waals surface area contributed by atoms with Gasteiger partial charge >= 0.3 is 0 Å². The Kier molecular flexibility index (Phi) is 4.31. The molecule has 7 heteroatoms. The Labute approximate surface area is 116 Å². The number of aliphatic hydroxyl groups is 1. The number of thiazole rings is 1. The van der Waals surface area contributed by atoms with Crippen molar-refractivity contribution >= 4 is 21.4 Å². The molecule has 2 rings (SSSR count). The normalized spacial score (nSPS) is 11.7. The van der Waals surface area contributed by atoms with Crippen LogP contribution in [0.15, 0.2) is 34.7 Å². The molecule has 0 atom stereocenters. The quantitative estimate of drug-likeness (QED) is 0.875. The maximum atomic E-state index is 12.1. The molecule has 0 aliphatic heterocycles. The zero-order valence-electron chi connectivity index (χ0n) is 10.3. The van der Waals surface area contributed by atoms with Gasteiger partial charge in [-0.25, -0.2) is 18.1 Å². The van der Waals surface area contributed by atoms with Gasteiger partial charge in [0.2, 0.25) is 10.0 Å². The zero-order valence-corrected chi connectivity index (χ0v) is 12.0. The summed E-state index contributed by atoms with van der Waals surface area (Å²) in [6.45, 7) is 1.88. The highest BCUT2D eigenvalue weighted by atomic mass is 32.2. The van der Waals surface area contributed by atoms with E-state index < -0.39 is 10.0 Å². The topological polar surface area (TPSA) is 79.3 Å². The van der Waals surface area contributed by atoms with Crippen molar-refractivity contribution in [2.45, 2.75) is 25.0 Å². The molecule has 1 aromatic carbocycles. The number of aliphatic hydroxyl groups excluding tert-OH is 1. The molecule has 2 aromatic rings. The summed E-state index contributed by atoms with van der Waals surface area (Å²) in [5.41, 5.74) is 3.08. The van der Waals surface area contributed by atoms with Crippen LogP contribution in [0.3, 0.4) is 0 Å². The fraction of sp³-hybridized carbons (Fsp3) is 0.250. The Morgan fingerprint density at radius 3 is 2.84 bits per heavy atom. The first-order valence-corrected chi connectivity index (χ1v) is 7.97. The second kappa shape index (κ2) is 5.79. The van der Waals surface area contributed by atoms with Gasteiger partial charge in [-0.3, -0.25) is 0 Å². The van der Waals surface area contributed by atoms with Crippen LogP contribution < -0.4 is 4.72 Å². The Bertz CT molecular complexity index is 665. The number of benzene rings is 1. The molecule has 1 aromatic heterocycles. The smallest absolute Gasteiger partial charge is 0.240 e. The summed E-state index contributed by atoms with van der Waals surface area (Å²) < 4.78 is 26.7. The molecule has 5 nitrogen and oxygen atoms in total. The van der Waals surface area contributed by atoms with E-state index in [0.717, 1.165) is 10.6 Å². The molecule has 0 saturated carbocycles. The average molecular weight is 298 g/mol. The Morgan fingerprint density at radius 2 is 2.21 bits per heavy atom. The molecule has 0 unspecified atom stereocenters. The molecule has 0 amide bonds. The fourth-order valence-electron chi connectivity index (χ4n) is 1.55. The van der Waals surface area contributed by atoms with E-state index in [2.05, 4.69) is 9.71 Å². The van der Waals surface area contributed by atoms with Gasteiger partial charge in [0.25, 0.3) is 0 Å². The number of nitrogens with one attached hydrogen (secondary N) is 1. The lowest BCUT2D eigenvalue weighted by Gasteiger charge is -2.07. The van der Waals surface area contributed by atoms with Gasteiger partial charge in [0.1, 0.15) is 0 Å². The summed E-state index contributed by atoms with van der Waals surface area (Å²) in [6, 6.07) is 6.24. The summed E-state index contributed by atoms with van der Waals surface area (Å²) in [5.74, 6) is 0. The number of hydrogen-bond donors (Lipinski definition) is 2. The number of aryl methyl sites for hydroxylation is 1. The van der Waals surface area contributed by atoms with E-state index in [-0.39, 0.29) is 18.0 Å². The van der Waals surface area contributed by atoms with Crippen LogP contribution in [0.2, 0.25) is 0 Å². The predicted molar refractivity (Wildman–Crippen MR) is 73.2 cm³/mol. The molecule has 102 valence electrons. The van der Waals surface area contributed by atoms with Crippen molar-refractivity contribution in [3.63, 3.8) is 0 Å². The summed E-state index contributed by atoms with van der Waals surface area (Å²) in [7, 11) is -3.57. The van der Waals surface area contributed by atoms with E-state index in [9.17, 15) is 8.42 Å². The molecule has 0 saturated heterocycles. The highest BCUT2D eigenvalue weighted by Gasteiger charge is 2.15. The average Bonchev–Trinajstić information content (AvgIpc) is 2.82. The van der Waals surface area contributed by atoms with Crippen LogP contribution >= 0.6 is 11.3 Å². The van der Waals surface area contributed by atoms with Crippen molar-refractivity contribution < 1.29 is 13.5 Å². The van der Waals surface area contributed by atoms with Gasteiger partial charge in [0.05, 0.1) is 22.7 Å². The van der Waals surface area contributed by atoms with E-state index in [1.807, 2.05) is 6.92 Å². The third kappa shape index (κ3) is 3.38. The lowest BCUT2D eigenvalue weighted by atomic mass is 10.2. The van der Waals surface area contributed by atoms with Crippen LogP contribution in [-0.2, 0) is 23.2 Å². The first-order chi connectivity index (χ1) is 9.03. The molecule has 0 spiro atoms. The van der Waals surface area contributed by atoms with Crippen molar-refractivity contribution in [2.24, 2.45) is 0 Å². The van der Waals surface area contributed by atoms with E-state index in [0.29, 0.717) is 5.56 Å². The highest BCUT2D eigenvalue weighted by Crippen LogP contribution is 2.15.